The number of hydrogen-bond acceptors (Lipinski definition) is 4. The maximum Gasteiger partial charge on any atom is 0.139 e. The number of rotatable bonds is 2. The number of nitrogens with zero attached hydrogens (tertiary/aromatic N) is 2. The molecule has 0 spiro atoms. The molecule has 0 amide bonds. The van der Waals surface area contributed by atoms with Crippen molar-refractivity contribution in [3.63, 3.8) is 0 Å². The van der Waals surface area contributed by atoms with E-state index in [1.165, 1.54) is 12.1 Å². The Morgan fingerprint density at radius 1 is 1.24 bits per heavy atom. The summed E-state index contributed by atoms with van der Waals surface area (Å²) in [6.45, 7) is 7.84. The van der Waals surface area contributed by atoms with Crippen LogP contribution in [-0.4, -0.2) is 9.97 Å². The first-order chi connectivity index (χ1) is 9.68. The smallest absolute Gasteiger partial charge is 0.139 e. The number of aromatic nitrogens is 2. The Kier molecular flexibility index (Phi) is 4.05. The van der Waals surface area contributed by atoms with Gasteiger partial charge in [-0.15, -0.1) is 0 Å². The van der Waals surface area contributed by atoms with E-state index in [9.17, 15) is 4.39 Å². The molecule has 0 aliphatic carbocycles. The molecule has 2 aromatic rings. The van der Waals surface area contributed by atoms with E-state index in [2.05, 4.69) is 15.3 Å². The van der Waals surface area contributed by atoms with Crippen LogP contribution in [0, 0.1) is 12.7 Å². The van der Waals surface area contributed by atoms with E-state index in [-0.39, 0.29) is 16.3 Å². The van der Waals surface area contributed by atoms with Gasteiger partial charge in [0, 0.05) is 11.0 Å². The molecule has 0 unspecified atom stereocenters. The Labute approximate surface area is 128 Å². The van der Waals surface area contributed by atoms with E-state index in [1.54, 1.807) is 6.07 Å². The Morgan fingerprint density at radius 3 is 2.48 bits per heavy atom. The largest absolute Gasteiger partial charge is 0.383 e. The maximum absolute atomic E-state index is 13.1. The summed E-state index contributed by atoms with van der Waals surface area (Å²) < 4.78 is 13.1. The van der Waals surface area contributed by atoms with Crippen LogP contribution in [0.2, 0.25) is 5.02 Å². The number of nitrogens with one attached hydrogen (secondary N) is 1. The molecule has 1 aromatic carbocycles. The van der Waals surface area contributed by atoms with Gasteiger partial charge in [0.1, 0.15) is 23.3 Å². The molecule has 1 aromatic heterocycles. The summed E-state index contributed by atoms with van der Waals surface area (Å²) in [4.78, 5) is 8.83. The number of nitrogen functional groups attached to an aromatic ring is 1. The van der Waals surface area contributed by atoms with Crippen LogP contribution in [0.1, 0.15) is 32.2 Å². The highest BCUT2D eigenvalue weighted by Gasteiger charge is 2.20. The zero-order valence-corrected chi connectivity index (χ0v) is 13.2. The summed E-state index contributed by atoms with van der Waals surface area (Å²) in [5.41, 5.74) is 7.01. The molecule has 0 aliphatic rings. The average molecular weight is 309 g/mol. The van der Waals surface area contributed by atoms with Crippen LogP contribution in [0.3, 0.4) is 0 Å². The fourth-order valence-corrected chi connectivity index (χ4v) is 1.92. The second kappa shape index (κ2) is 5.48. The molecule has 3 N–H and O–H groups in total. The van der Waals surface area contributed by atoms with E-state index in [0.29, 0.717) is 23.1 Å². The van der Waals surface area contributed by atoms with Crippen molar-refractivity contribution in [3.05, 3.63) is 40.4 Å². The number of hydrogen-bond donors (Lipinski definition) is 2. The van der Waals surface area contributed by atoms with E-state index in [4.69, 9.17) is 17.3 Å². The molecule has 0 saturated carbocycles. The normalized spacial score (nSPS) is 11.5. The monoisotopic (exact) mass is 308 g/mol. The highest BCUT2D eigenvalue weighted by molar-refractivity contribution is 6.33. The van der Waals surface area contributed by atoms with E-state index in [1.807, 2.05) is 27.7 Å². The first kappa shape index (κ1) is 15.5. The molecule has 21 heavy (non-hydrogen) atoms. The van der Waals surface area contributed by atoms with Gasteiger partial charge in [-0.05, 0) is 25.1 Å². The lowest BCUT2D eigenvalue weighted by Crippen LogP contribution is -2.18. The third-order valence-corrected chi connectivity index (χ3v) is 3.35. The van der Waals surface area contributed by atoms with Crippen molar-refractivity contribution in [1.29, 1.82) is 0 Å². The minimum absolute atomic E-state index is 0.231. The summed E-state index contributed by atoms with van der Waals surface area (Å²) in [5, 5.41) is 3.37. The highest BCUT2D eigenvalue weighted by Crippen LogP contribution is 2.30. The molecule has 0 aliphatic heterocycles. The maximum atomic E-state index is 13.1. The Bertz CT molecular complexity index is 680. The third-order valence-electron chi connectivity index (χ3n) is 3.04. The molecule has 2 rings (SSSR count). The number of halogens is 2. The van der Waals surface area contributed by atoms with Gasteiger partial charge >= 0.3 is 0 Å². The first-order valence-corrected chi connectivity index (χ1v) is 6.93. The molecule has 4 nitrogen and oxygen atoms in total. The third kappa shape index (κ3) is 3.42. The predicted octanol–water partition coefficient (Wildman–Crippen LogP) is 4.20. The zero-order valence-electron chi connectivity index (χ0n) is 12.5. The fourth-order valence-electron chi connectivity index (χ4n) is 1.71. The zero-order chi connectivity index (χ0) is 15.8. The molecule has 0 atom stereocenters. The summed E-state index contributed by atoms with van der Waals surface area (Å²) in [5.74, 6) is 1.22. The van der Waals surface area contributed by atoms with Gasteiger partial charge in [0.2, 0.25) is 0 Å². The van der Waals surface area contributed by atoms with Crippen molar-refractivity contribution in [1.82, 2.24) is 9.97 Å². The van der Waals surface area contributed by atoms with Gasteiger partial charge < -0.3 is 11.1 Å². The van der Waals surface area contributed by atoms with Crippen molar-refractivity contribution in [2.45, 2.75) is 33.1 Å². The molecule has 0 radical (unpaired) electrons. The Morgan fingerprint density at radius 2 is 1.90 bits per heavy atom. The van der Waals surface area contributed by atoms with Crippen LogP contribution >= 0.6 is 11.6 Å². The van der Waals surface area contributed by atoms with Crippen molar-refractivity contribution in [3.8, 4) is 0 Å². The molecule has 6 heteroatoms. The number of nitrogens with two attached hydrogens (primary N) is 1. The van der Waals surface area contributed by atoms with Gasteiger partial charge in [-0.3, -0.25) is 0 Å². The predicted molar refractivity (Wildman–Crippen MR) is 84.6 cm³/mol. The molecule has 0 saturated heterocycles. The van der Waals surface area contributed by atoms with Gasteiger partial charge in [-0.1, -0.05) is 32.4 Å². The van der Waals surface area contributed by atoms with Gasteiger partial charge in [-0.25, -0.2) is 14.4 Å². The Hall–Kier alpha value is -1.88. The van der Waals surface area contributed by atoms with Crippen LogP contribution < -0.4 is 11.1 Å². The molecule has 0 bridgehead atoms. The SMILES string of the molecule is Cc1c(N)nc(C(C)(C)C)nc1Nc1ccc(F)cc1Cl. The van der Waals surface area contributed by atoms with E-state index in [0.717, 1.165) is 5.56 Å². The standard InChI is InChI=1S/C15H18ClFN4/c1-8-12(18)20-14(15(2,3)4)21-13(8)19-11-6-5-9(17)7-10(11)16/h5-7H,1-4H3,(H3,18,19,20,21). The lowest BCUT2D eigenvalue weighted by atomic mass is 9.95. The minimum Gasteiger partial charge on any atom is -0.383 e. The lowest BCUT2D eigenvalue weighted by molar-refractivity contribution is 0.546. The van der Waals surface area contributed by atoms with Gasteiger partial charge in [-0.2, -0.15) is 0 Å². The van der Waals surface area contributed by atoms with Crippen LogP contribution in [0.5, 0.6) is 0 Å². The second-order valence-corrected chi connectivity index (χ2v) is 6.31. The van der Waals surface area contributed by atoms with E-state index < -0.39 is 0 Å². The molecule has 1 heterocycles. The highest BCUT2D eigenvalue weighted by atomic mass is 35.5. The summed E-state index contributed by atoms with van der Waals surface area (Å²) in [7, 11) is 0. The van der Waals surface area contributed by atoms with Crippen molar-refractivity contribution in [2.24, 2.45) is 0 Å². The molecule has 112 valence electrons. The summed E-state index contributed by atoms with van der Waals surface area (Å²) >= 11 is 6.02. The lowest BCUT2D eigenvalue weighted by Gasteiger charge is -2.20. The van der Waals surface area contributed by atoms with Gasteiger partial charge in [0.15, 0.2) is 0 Å². The van der Waals surface area contributed by atoms with Crippen molar-refractivity contribution < 1.29 is 4.39 Å². The molecular weight excluding hydrogens is 291 g/mol. The summed E-state index contributed by atoms with van der Waals surface area (Å²) in [6, 6.07) is 4.14. The van der Waals surface area contributed by atoms with Crippen LogP contribution in [-0.2, 0) is 5.41 Å². The molecule has 0 fully saturated rings. The average Bonchev–Trinajstić information content (AvgIpc) is 2.36. The first-order valence-electron chi connectivity index (χ1n) is 6.55. The summed E-state index contributed by atoms with van der Waals surface area (Å²) in [6.07, 6.45) is 0. The van der Waals surface area contributed by atoms with Crippen LogP contribution in [0.15, 0.2) is 18.2 Å². The molecular formula is C15H18ClFN4. The Balaban J connectivity index is 2.46. The fraction of sp³-hybridized carbons (Fsp3) is 0.333. The quantitative estimate of drug-likeness (QED) is 0.872. The number of benzene rings is 1. The topological polar surface area (TPSA) is 63.8 Å². The number of anilines is 3. The van der Waals surface area contributed by atoms with Crippen LogP contribution in [0.4, 0.5) is 21.7 Å². The minimum atomic E-state index is -0.389. The van der Waals surface area contributed by atoms with E-state index >= 15 is 0 Å². The van der Waals surface area contributed by atoms with Gasteiger partial charge in [0.05, 0.1) is 10.7 Å². The van der Waals surface area contributed by atoms with Gasteiger partial charge in [0.25, 0.3) is 0 Å². The second-order valence-electron chi connectivity index (χ2n) is 5.91. The van der Waals surface area contributed by atoms with Crippen molar-refractivity contribution >= 4 is 28.9 Å². The van der Waals surface area contributed by atoms with Crippen LogP contribution in [0.25, 0.3) is 0 Å². The van der Waals surface area contributed by atoms with Crippen molar-refractivity contribution in [2.75, 3.05) is 11.1 Å².